The Morgan fingerprint density at radius 1 is 0.840 bits per heavy atom. The van der Waals surface area contributed by atoms with Crippen LogP contribution in [-0.2, 0) is 6.42 Å². The number of aryl methyl sites for hydroxylation is 1. The second kappa shape index (κ2) is 8.60. The molecule has 1 saturated carbocycles. The Morgan fingerprint density at radius 3 is 2.08 bits per heavy atom. The van der Waals surface area contributed by atoms with Crippen molar-refractivity contribution in [3.05, 3.63) is 59.7 Å². The number of hydrogen-bond donors (Lipinski definition) is 0. The Balaban J connectivity index is 1.56. The number of rotatable bonds is 6. The van der Waals surface area contributed by atoms with Gasteiger partial charge in [-0.15, -0.1) is 0 Å². The van der Waals surface area contributed by atoms with Crippen LogP contribution in [0.25, 0.3) is 11.1 Å². The molecular formula is C23H28F2. The summed E-state index contributed by atoms with van der Waals surface area (Å²) in [5.74, 6) is 1.23. The number of benzene rings is 2. The van der Waals surface area contributed by atoms with E-state index in [0.717, 1.165) is 35.8 Å². The molecule has 1 aliphatic carbocycles. The van der Waals surface area contributed by atoms with Gasteiger partial charge in [-0.3, -0.25) is 0 Å². The van der Waals surface area contributed by atoms with Crippen LogP contribution in [0.15, 0.2) is 42.5 Å². The van der Waals surface area contributed by atoms with E-state index in [1.807, 2.05) is 12.1 Å². The summed E-state index contributed by atoms with van der Waals surface area (Å²) in [5, 5.41) is 0. The van der Waals surface area contributed by atoms with Crippen LogP contribution in [0.1, 0.15) is 57.4 Å². The summed E-state index contributed by atoms with van der Waals surface area (Å²) >= 11 is 0. The van der Waals surface area contributed by atoms with Gasteiger partial charge in [-0.05, 0) is 54.0 Å². The fraction of sp³-hybridized carbons (Fsp3) is 0.478. The molecule has 0 radical (unpaired) electrons. The van der Waals surface area contributed by atoms with E-state index in [1.54, 1.807) is 18.2 Å². The van der Waals surface area contributed by atoms with Crippen LogP contribution in [0.2, 0.25) is 0 Å². The van der Waals surface area contributed by atoms with E-state index in [4.69, 9.17) is 0 Å². The zero-order chi connectivity index (χ0) is 17.6. The Labute approximate surface area is 150 Å². The van der Waals surface area contributed by atoms with Crippen LogP contribution in [-0.4, -0.2) is 0 Å². The highest BCUT2D eigenvalue weighted by Crippen LogP contribution is 2.34. The molecule has 2 heteroatoms. The maximum atomic E-state index is 14.4. The molecule has 0 spiro atoms. The third-order valence-corrected chi connectivity index (χ3v) is 5.69. The van der Waals surface area contributed by atoms with Gasteiger partial charge in [0.15, 0.2) is 0 Å². The first-order chi connectivity index (χ1) is 12.2. The van der Waals surface area contributed by atoms with Crippen molar-refractivity contribution in [2.45, 2.75) is 58.3 Å². The molecule has 25 heavy (non-hydrogen) atoms. The quantitative estimate of drug-likeness (QED) is 0.522. The molecule has 0 N–H and O–H groups in total. The highest BCUT2D eigenvalue weighted by molar-refractivity contribution is 5.64. The van der Waals surface area contributed by atoms with E-state index in [9.17, 15) is 8.78 Å². The molecule has 0 atom stereocenters. The molecule has 1 aliphatic rings. The molecule has 0 unspecified atom stereocenters. The van der Waals surface area contributed by atoms with Crippen LogP contribution in [0.5, 0.6) is 0 Å². The smallest absolute Gasteiger partial charge is 0.131 e. The molecule has 3 rings (SSSR count). The van der Waals surface area contributed by atoms with Crippen LogP contribution in [0.3, 0.4) is 0 Å². The van der Waals surface area contributed by atoms with E-state index in [1.165, 1.54) is 50.7 Å². The van der Waals surface area contributed by atoms with Gasteiger partial charge in [-0.25, -0.2) is 8.78 Å². The number of halogens is 2. The highest BCUT2D eigenvalue weighted by Gasteiger charge is 2.20. The molecule has 134 valence electrons. The van der Waals surface area contributed by atoms with Crippen molar-refractivity contribution < 1.29 is 8.78 Å². The molecule has 0 aromatic heterocycles. The second-order valence-electron chi connectivity index (χ2n) is 7.54. The van der Waals surface area contributed by atoms with Crippen molar-refractivity contribution in [3.63, 3.8) is 0 Å². The lowest BCUT2D eigenvalue weighted by molar-refractivity contribution is 0.252. The predicted molar refractivity (Wildman–Crippen MR) is 100 cm³/mol. The molecule has 0 amide bonds. The standard InChI is InChI=1S/C23H28F2/c1-2-3-17-4-6-18(7-5-17)8-9-19-10-15-22(23(25)16-19)20-11-13-21(24)14-12-20/h10-18H,2-9H2,1H3/t17-,18-. The third-order valence-electron chi connectivity index (χ3n) is 5.69. The van der Waals surface area contributed by atoms with E-state index in [2.05, 4.69) is 6.92 Å². The Kier molecular flexibility index (Phi) is 6.23. The maximum Gasteiger partial charge on any atom is 0.131 e. The fourth-order valence-corrected chi connectivity index (χ4v) is 4.17. The van der Waals surface area contributed by atoms with Crippen molar-refractivity contribution >= 4 is 0 Å². The molecule has 0 bridgehead atoms. The largest absolute Gasteiger partial charge is 0.207 e. The highest BCUT2D eigenvalue weighted by atomic mass is 19.1. The van der Waals surface area contributed by atoms with Gasteiger partial charge in [0.05, 0.1) is 0 Å². The first kappa shape index (κ1) is 18.1. The average Bonchev–Trinajstić information content (AvgIpc) is 2.62. The Bertz CT molecular complexity index is 667. The van der Waals surface area contributed by atoms with Crippen LogP contribution in [0.4, 0.5) is 8.78 Å². The zero-order valence-corrected chi connectivity index (χ0v) is 15.1. The van der Waals surface area contributed by atoms with Crippen LogP contribution < -0.4 is 0 Å². The van der Waals surface area contributed by atoms with E-state index < -0.39 is 0 Å². The van der Waals surface area contributed by atoms with Gasteiger partial charge in [0.25, 0.3) is 0 Å². The lowest BCUT2D eigenvalue weighted by Gasteiger charge is -2.28. The average molecular weight is 342 g/mol. The van der Waals surface area contributed by atoms with Crippen molar-refractivity contribution in [3.8, 4) is 11.1 Å². The van der Waals surface area contributed by atoms with Crippen LogP contribution in [0, 0.1) is 23.5 Å². The lowest BCUT2D eigenvalue weighted by Crippen LogP contribution is -2.15. The van der Waals surface area contributed by atoms with Gasteiger partial charge < -0.3 is 0 Å². The van der Waals surface area contributed by atoms with Crippen LogP contribution >= 0.6 is 0 Å². The fourth-order valence-electron chi connectivity index (χ4n) is 4.17. The normalized spacial score (nSPS) is 20.6. The Morgan fingerprint density at radius 2 is 1.48 bits per heavy atom. The topological polar surface area (TPSA) is 0 Å². The van der Waals surface area contributed by atoms with Crippen molar-refractivity contribution in [2.75, 3.05) is 0 Å². The maximum absolute atomic E-state index is 14.4. The van der Waals surface area contributed by atoms with E-state index >= 15 is 0 Å². The second-order valence-corrected chi connectivity index (χ2v) is 7.54. The van der Waals surface area contributed by atoms with Gasteiger partial charge in [0.1, 0.15) is 11.6 Å². The van der Waals surface area contributed by atoms with Crippen molar-refractivity contribution in [2.24, 2.45) is 11.8 Å². The van der Waals surface area contributed by atoms with Gasteiger partial charge in [-0.1, -0.05) is 69.7 Å². The summed E-state index contributed by atoms with van der Waals surface area (Å²) in [6.45, 7) is 2.27. The van der Waals surface area contributed by atoms with Gasteiger partial charge in [0.2, 0.25) is 0 Å². The summed E-state index contributed by atoms with van der Waals surface area (Å²) in [6, 6.07) is 11.5. The first-order valence-corrected chi connectivity index (χ1v) is 9.70. The minimum Gasteiger partial charge on any atom is -0.207 e. The van der Waals surface area contributed by atoms with E-state index in [0.29, 0.717) is 5.56 Å². The SMILES string of the molecule is CCC[C@H]1CC[C@H](CCc2ccc(-c3ccc(F)cc3)c(F)c2)CC1. The molecule has 1 fully saturated rings. The molecule has 0 heterocycles. The summed E-state index contributed by atoms with van der Waals surface area (Å²) in [7, 11) is 0. The third kappa shape index (κ3) is 4.90. The molecule has 0 nitrogen and oxygen atoms in total. The molecule has 2 aromatic carbocycles. The van der Waals surface area contributed by atoms with Gasteiger partial charge in [0, 0.05) is 5.56 Å². The van der Waals surface area contributed by atoms with Crippen molar-refractivity contribution in [1.82, 2.24) is 0 Å². The summed E-state index contributed by atoms with van der Waals surface area (Å²) in [4.78, 5) is 0. The van der Waals surface area contributed by atoms with Crippen molar-refractivity contribution in [1.29, 1.82) is 0 Å². The predicted octanol–water partition coefficient (Wildman–Crippen LogP) is 7.17. The first-order valence-electron chi connectivity index (χ1n) is 9.70. The molecule has 2 aromatic rings. The van der Waals surface area contributed by atoms with Gasteiger partial charge >= 0.3 is 0 Å². The summed E-state index contributed by atoms with van der Waals surface area (Å²) in [5.41, 5.74) is 2.34. The lowest BCUT2D eigenvalue weighted by atomic mass is 9.78. The number of hydrogen-bond acceptors (Lipinski definition) is 0. The summed E-state index contributed by atoms with van der Waals surface area (Å²) in [6.07, 6.45) is 10.2. The minimum atomic E-state index is -0.297. The monoisotopic (exact) mass is 342 g/mol. The van der Waals surface area contributed by atoms with Gasteiger partial charge in [-0.2, -0.15) is 0 Å². The molecule has 0 aliphatic heterocycles. The summed E-state index contributed by atoms with van der Waals surface area (Å²) < 4.78 is 27.5. The van der Waals surface area contributed by atoms with E-state index in [-0.39, 0.29) is 11.6 Å². The molecule has 0 saturated heterocycles. The zero-order valence-electron chi connectivity index (χ0n) is 15.1. The minimum absolute atomic E-state index is 0.212. The molecular weight excluding hydrogens is 314 g/mol. The Hall–Kier alpha value is -1.70.